The fraction of sp³-hybridized carbons (Fsp3) is 0.500. The van der Waals surface area contributed by atoms with E-state index in [0.717, 1.165) is 31.6 Å². The predicted octanol–water partition coefficient (Wildman–Crippen LogP) is 3.22. The molecular formula is C14H17O2Y+2. The van der Waals surface area contributed by atoms with Crippen LogP contribution in [0.4, 0.5) is 0 Å². The minimum absolute atomic E-state index is 0. The molecule has 0 amide bonds. The van der Waals surface area contributed by atoms with Gasteiger partial charge in [0.25, 0.3) is 0 Å². The normalized spacial score (nSPS) is 23.6. The molecule has 0 spiro atoms. The number of benzene rings is 1. The molecule has 1 aromatic carbocycles. The van der Waals surface area contributed by atoms with Gasteiger partial charge in [-0.1, -0.05) is 6.92 Å². The van der Waals surface area contributed by atoms with Gasteiger partial charge >= 0.3 is 38.7 Å². The summed E-state index contributed by atoms with van der Waals surface area (Å²) in [5.74, 6) is 1.41. The second-order valence-electron chi connectivity index (χ2n) is 4.61. The first-order valence-electron chi connectivity index (χ1n) is 5.93. The molecule has 86 valence electrons. The zero-order chi connectivity index (χ0) is 11.4. The van der Waals surface area contributed by atoms with E-state index in [0.29, 0.717) is 5.75 Å². The summed E-state index contributed by atoms with van der Waals surface area (Å²) in [6, 6.07) is 9.95. The molecule has 1 saturated carbocycles. The molecule has 1 aliphatic rings. The molecular weight excluding hydrogens is 289 g/mol. The SMILES string of the molecule is CC1CCC(C(=O)Oc2cc[c-]cc2)CC1.[Y+3]. The smallest absolute Gasteiger partial charge is 0.453 e. The van der Waals surface area contributed by atoms with E-state index in [1.54, 1.807) is 24.3 Å². The Bertz CT molecular complexity index is 342. The number of carbonyl (C=O) groups excluding carboxylic acids is 1. The van der Waals surface area contributed by atoms with Crippen molar-refractivity contribution in [2.45, 2.75) is 32.6 Å². The molecule has 3 heteroatoms. The molecule has 1 aliphatic carbocycles. The molecule has 0 heterocycles. The molecule has 0 N–H and O–H groups in total. The van der Waals surface area contributed by atoms with E-state index >= 15 is 0 Å². The topological polar surface area (TPSA) is 26.3 Å². The molecule has 0 aliphatic heterocycles. The van der Waals surface area contributed by atoms with E-state index in [-0.39, 0.29) is 44.6 Å². The van der Waals surface area contributed by atoms with Gasteiger partial charge in [0.15, 0.2) is 0 Å². The van der Waals surface area contributed by atoms with Gasteiger partial charge in [-0.2, -0.15) is 18.2 Å². The van der Waals surface area contributed by atoms with Gasteiger partial charge in [0, 0.05) is 5.75 Å². The van der Waals surface area contributed by atoms with Crippen molar-refractivity contribution in [3.63, 3.8) is 0 Å². The van der Waals surface area contributed by atoms with Crippen LogP contribution in [0, 0.1) is 17.9 Å². The predicted molar refractivity (Wildman–Crippen MR) is 62.0 cm³/mol. The Balaban J connectivity index is 0.00000144. The summed E-state index contributed by atoms with van der Waals surface area (Å²) in [7, 11) is 0. The van der Waals surface area contributed by atoms with Crippen LogP contribution in [0.25, 0.3) is 0 Å². The van der Waals surface area contributed by atoms with Crippen LogP contribution in [0.3, 0.4) is 0 Å². The van der Waals surface area contributed by atoms with Crippen molar-refractivity contribution in [2.24, 2.45) is 11.8 Å². The van der Waals surface area contributed by atoms with E-state index in [9.17, 15) is 4.79 Å². The first kappa shape index (κ1) is 14.9. The van der Waals surface area contributed by atoms with Gasteiger partial charge in [-0.25, -0.2) is 0 Å². The van der Waals surface area contributed by atoms with E-state index in [2.05, 4.69) is 13.0 Å². The Morgan fingerprint density at radius 2 is 1.82 bits per heavy atom. The minimum Gasteiger partial charge on any atom is -0.453 e. The van der Waals surface area contributed by atoms with E-state index in [1.807, 2.05) is 0 Å². The Morgan fingerprint density at radius 1 is 1.24 bits per heavy atom. The van der Waals surface area contributed by atoms with E-state index < -0.39 is 0 Å². The van der Waals surface area contributed by atoms with Gasteiger partial charge in [0.2, 0.25) is 0 Å². The molecule has 0 aromatic heterocycles. The van der Waals surface area contributed by atoms with Crippen molar-refractivity contribution in [1.82, 2.24) is 0 Å². The van der Waals surface area contributed by atoms with Crippen LogP contribution in [0.15, 0.2) is 24.3 Å². The zero-order valence-electron chi connectivity index (χ0n) is 10.2. The summed E-state index contributed by atoms with van der Waals surface area (Å²) in [4.78, 5) is 11.8. The maximum Gasteiger partial charge on any atom is 3.00 e. The van der Waals surface area contributed by atoms with Crippen LogP contribution in [-0.4, -0.2) is 5.97 Å². The van der Waals surface area contributed by atoms with Crippen LogP contribution in [0.5, 0.6) is 5.75 Å². The van der Waals surface area contributed by atoms with E-state index in [1.165, 1.54) is 0 Å². The fourth-order valence-electron chi connectivity index (χ4n) is 2.13. The van der Waals surface area contributed by atoms with Crippen molar-refractivity contribution in [3.8, 4) is 5.75 Å². The third kappa shape index (κ3) is 4.52. The van der Waals surface area contributed by atoms with E-state index in [4.69, 9.17) is 4.74 Å². The molecule has 0 saturated heterocycles. The monoisotopic (exact) mass is 306 g/mol. The standard InChI is InChI=1S/C14H17O2.Y/c1-11-7-9-12(10-8-11)14(15)16-13-5-3-2-4-6-13;/h3-6,11-12H,7-10H2,1H3;/q-1;+3. The van der Waals surface area contributed by atoms with Crippen molar-refractivity contribution in [3.05, 3.63) is 30.3 Å². The number of hydrogen-bond acceptors (Lipinski definition) is 2. The Labute approximate surface area is 128 Å². The number of esters is 1. The van der Waals surface area contributed by atoms with Crippen molar-refractivity contribution in [1.29, 1.82) is 0 Å². The molecule has 0 radical (unpaired) electrons. The van der Waals surface area contributed by atoms with Crippen molar-refractivity contribution < 1.29 is 42.2 Å². The largest absolute Gasteiger partial charge is 3.00 e. The van der Waals surface area contributed by atoms with Crippen LogP contribution >= 0.6 is 0 Å². The number of rotatable bonds is 2. The Hall–Kier alpha value is -0.206. The maximum absolute atomic E-state index is 11.8. The average Bonchev–Trinajstić information content (AvgIpc) is 2.31. The third-order valence-corrected chi connectivity index (χ3v) is 3.26. The Morgan fingerprint density at radius 3 is 2.41 bits per heavy atom. The van der Waals surface area contributed by atoms with Crippen molar-refractivity contribution >= 4 is 5.97 Å². The second kappa shape index (κ2) is 7.28. The van der Waals surface area contributed by atoms with Crippen LogP contribution in [0.1, 0.15) is 32.6 Å². The maximum atomic E-state index is 11.8. The second-order valence-corrected chi connectivity index (χ2v) is 4.61. The first-order chi connectivity index (χ1) is 7.75. The number of carbonyl (C=O) groups is 1. The minimum atomic E-state index is -0.0712. The Kier molecular flexibility index (Phi) is 6.36. The van der Waals surface area contributed by atoms with Gasteiger partial charge in [-0.3, -0.25) is 4.79 Å². The van der Waals surface area contributed by atoms with Gasteiger partial charge in [-0.05, 0) is 31.6 Å². The molecule has 0 atom stereocenters. The average molecular weight is 306 g/mol. The molecule has 0 unspecified atom stereocenters. The molecule has 17 heavy (non-hydrogen) atoms. The van der Waals surface area contributed by atoms with Gasteiger partial charge in [-0.15, -0.1) is 12.1 Å². The van der Waals surface area contributed by atoms with Gasteiger partial charge < -0.3 is 4.74 Å². The first-order valence-corrected chi connectivity index (χ1v) is 5.93. The molecule has 2 rings (SSSR count). The number of hydrogen-bond donors (Lipinski definition) is 0. The van der Waals surface area contributed by atoms with Crippen LogP contribution in [-0.2, 0) is 37.5 Å². The summed E-state index contributed by atoms with van der Waals surface area (Å²) < 4.78 is 5.33. The zero-order valence-corrected chi connectivity index (χ0v) is 13.0. The summed E-state index contributed by atoms with van der Waals surface area (Å²) in [5.41, 5.74) is 0. The van der Waals surface area contributed by atoms with Crippen LogP contribution < -0.4 is 4.74 Å². The van der Waals surface area contributed by atoms with Gasteiger partial charge in [0.1, 0.15) is 0 Å². The van der Waals surface area contributed by atoms with Crippen LogP contribution in [0.2, 0.25) is 0 Å². The quantitative estimate of drug-likeness (QED) is 0.476. The summed E-state index contributed by atoms with van der Waals surface area (Å²) in [6.45, 7) is 2.24. The molecule has 0 bridgehead atoms. The summed E-state index contributed by atoms with van der Waals surface area (Å²) in [5, 5.41) is 0. The number of ether oxygens (including phenoxy) is 1. The van der Waals surface area contributed by atoms with Gasteiger partial charge in [0.05, 0.1) is 5.92 Å². The molecule has 2 nitrogen and oxygen atoms in total. The van der Waals surface area contributed by atoms with Crippen molar-refractivity contribution in [2.75, 3.05) is 0 Å². The molecule has 1 fully saturated rings. The summed E-state index contributed by atoms with van der Waals surface area (Å²) in [6.07, 6.45) is 4.22. The summed E-state index contributed by atoms with van der Waals surface area (Å²) >= 11 is 0. The fourth-order valence-corrected chi connectivity index (χ4v) is 2.13. The molecule has 1 aromatic rings. The third-order valence-electron chi connectivity index (χ3n) is 3.26.